The molecule has 9 heteroatoms. The third-order valence-electron chi connectivity index (χ3n) is 6.34. The first kappa shape index (κ1) is 23.2. The molecule has 0 aliphatic carbocycles. The van der Waals surface area contributed by atoms with Gasteiger partial charge >= 0.3 is 5.97 Å². The molecule has 1 aromatic heterocycles. The highest BCUT2D eigenvalue weighted by Gasteiger charge is 2.43. The normalized spacial score (nSPS) is 17.6. The molecule has 1 aliphatic rings. The molecule has 182 valence electrons. The highest BCUT2D eigenvalue weighted by atomic mass is 16.5. The Morgan fingerprint density at radius 2 is 1.69 bits per heavy atom. The van der Waals surface area contributed by atoms with E-state index in [4.69, 9.17) is 9.47 Å². The first-order valence-electron chi connectivity index (χ1n) is 11.6. The molecule has 36 heavy (non-hydrogen) atoms. The van der Waals surface area contributed by atoms with Gasteiger partial charge in [0.15, 0.2) is 0 Å². The Bertz CT molecular complexity index is 1350. The zero-order valence-corrected chi connectivity index (χ0v) is 19.9. The number of benzene rings is 3. The van der Waals surface area contributed by atoms with E-state index in [0.29, 0.717) is 17.9 Å². The molecule has 2 heterocycles. The number of aryl methyl sites for hydroxylation is 1. The third kappa shape index (κ3) is 4.55. The summed E-state index contributed by atoms with van der Waals surface area (Å²) in [6.45, 7) is 1.99. The van der Waals surface area contributed by atoms with Gasteiger partial charge in [0, 0.05) is 17.7 Å². The van der Waals surface area contributed by atoms with Gasteiger partial charge in [0.05, 0.1) is 24.8 Å². The predicted molar refractivity (Wildman–Crippen MR) is 132 cm³/mol. The van der Waals surface area contributed by atoms with Crippen LogP contribution in [-0.4, -0.2) is 39.2 Å². The third-order valence-corrected chi connectivity index (χ3v) is 6.34. The molecule has 5 rings (SSSR count). The highest BCUT2D eigenvalue weighted by molar-refractivity contribution is 5.97. The molecule has 0 saturated carbocycles. The average Bonchev–Trinajstić information content (AvgIpc) is 3.44. The summed E-state index contributed by atoms with van der Waals surface area (Å²) in [6, 6.07) is 21.5. The van der Waals surface area contributed by atoms with Crippen molar-refractivity contribution in [2.75, 3.05) is 12.0 Å². The minimum Gasteiger partial charge on any atom is -0.496 e. The number of methoxy groups -OCH3 is 1. The summed E-state index contributed by atoms with van der Waals surface area (Å²) in [5.74, 6) is -0.0536. The van der Waals surface area contributed by atoms with Crippen LogP contribution in [0.15, 0.2) is 79.1 Å². The number of aromatic nitrogens is 4. The van der Waals surface area contributed by atoms with Crippen LogP contribution < -0.4 is 14.4 Å². The lowest BCUT2D eigenvalue weighted by atomic mass is 9.83. The number of rotatable bonds is 6. The quantitative estimate of drug-likeness (QED) is 0.301. The van der Waals surface area contributed by atoms with Crippen LogP contribution in [0.3, 0.4) is 0 Å². The smallest absolute Gasteiger partial charge is 0.316 e. The fraction of sp³-hybridized carbons (Fsp3) is 0.222. The van der Waals surface area contributed by atoms with Gasteiger partial charge in [-0.05, 0) is 66.2 Å². The van der Waals surface area contributed by atoms with Gasteiger partial charge in [0.25, 0.3) is 0 Å². The molecule has 0 spiro atoms. The summed E-state index contributed by atoms with van der Waals surface area (Å²) in [4.78, 5) is 28.5. The number of tetrazole rings is 1. The molecule has 3 aromatic carbocycles. The standard InChI is InChI=1S/C27H25N5O4/c1-18-7-9-20(10-8-18)32-25(33)16-15-23(26(32)22-5-3-4-6-24(22)35-2)27(34)36-21-13-11-19(12-14-21)31-17-28-29-30-31/h3-14,17,23,26H,15-16H2,1-2H3. The minimum absolute atomic E-state index is 0.0513. The van der Waals surface area contributed by atoms with Crippen molar-refractivity contribution >= 4 is 17.6 Å². The monoisotopic (exact) mass is 483 g/mol. The molecule has 0 bridgehead atoms. The molecule has 1 aliphatic heterocycles. The van der Waals surface area contributed by atoms with E-state index in [0.717, 1.165) is 22.5 Å². The van der Waals surface area contributed by atoms with Crippen LogP contribution in [0, 0.1) is 12.8 Å². The maximum Gasteiger partial charge on any atom is 0.316 e. The summed E-state index contributed by atoms with van der Waals surface area (Å²) in [5.41, 5.74) is 3.30. The second kappa shape index (κ2) is 9.99. The fourth-order valence-electron chi connectivity index (χ4n) is 4.55. The lowest BCUT2D eigenvalue weighted by molar-refractivity contribution is -0.141. The Hall–Kier alpha value is -4.53. The Kier molecular flexibility index (Phi) is 6.44. The van der Waals surface area contributed by atoms with Gasteiger partial charge < -0.3 is 14.4 Å². The van der Waals surface area contributed by atoms with Crippen LogP contribution in [-0.2, 0) is 9.59 Å². The van der Waals surface area contributed by atoms with Crippen molar-refractivity contribution in [3.05, 3.63) is 90.3 Å². The van der Waals surface area contributed by atoms with E-state index in [1.807, 2.05) is 55.5 Å². The van der Waals surface area contributed by atoms with Crippen LogP contribution in [0.4, 0.5) is 5.69 Å². The number of esters is 1. The number of piperidine rings is 1. The number of anilines is 1. The maximum absolute atomic E-state index is 13.6. The molecule has 4 aromatic rings. The van der Waals surface area contributed by atoms with E-state index in [1.54, 1.807) is 36.3 Å². The number of amides is 1. The molecule has 1 amide bonds. The first-order chi connectivity index (χ1) is 17.5. The molecular formula is C27H25N5O4. The molecular weight excluding hydrogens is 458 g/mol. The van der Waals surface area contributed by atoms with Crippen LogP contribution in [0.5, 0.6) is 11.5 Å². The number of ether oxygens (including phenoxy) is 2. The van der Waals surface area contributed by atoms with E-state index in [2.05, 4.69) is 15.5 Å². The zero-order valence-electron chi connectivity index (χ0n) is 19.9. The second-order valence-corrected chi connectivity index (χ2v) is 8.60. The lowest BCUT2D eigenvalue weighted by Crippen LogP contribution is -2.46. The summed E-state index contributed by atoms with van der Waals surface area (Å²) < 4.78 is 12.9. The maximum atomic E-state index is 13.6. The van der Waals surface area contributed by atoms with Crippen LogP contribution in [0.1, 0.15) is 30.0 Å². The summed E-state index contributed by atoms with van der Waals surface area (Å²) in [5, 5.41) is 11.1. The largest absolute Gasteiger partial charge is 0.496 e. The topological polar surface area (TPSA) is 99.4 Å². The van der Waals surface area contributed by atoms with Gasteiger partial charge in [-0.3, -0.25) is 9.59 Å². The molecule has 0 N–H and O–H groups in total. The van der Waals surface area contributed by atoms with E-state index in [-0.39, 0.29) is 12.3 Å². The number of carbonyl (C=O) groups excluding carboxylic acids is 2. The van der Waals surface area contributed by atoms with Gasteiger partial charge in [0.2, 0.25) is 5.91 Å². The van der Waals surface area contributed by atoms with E-state index >= 15 is 0 Å². The molecule has 2 unspecified atom stereocenters. The number of hydrogen-bond donors (Lipinski definition) is 0. The zero-order chi connectivity index (χ0) is 25.1. The summed E-state index contributed by atoms with van der Waals surface area (Å²) >= 11 is 0. The Balaban J connectivity index is 1.49. The van der Waals surface area contributed by atoms with Crippen molar-refractivity contribution < 1.29 is 19.1 Å². The van der Waals surface area contributed by atoms with Crippen LogP contribution >= 0.6 is 0 Å². The first-order valence-corrected chi connectivity index (χ1v) is 11.6. The number of nitrogens with zero attached hydrogens (tertiary/aromatic N) is 5. The van der Waals surface area contributed by atoms with E-state index < -0.39 is 17.9 Å². The fourth-order valence-corrected chi connectivity index (χ4v) is 4.55. The molecule has 0 radical (unpaired) electrons. The van der Waals surface area contributed by atoms with Crippen molar-refractivity contribution in [1.29, 1.82) is 0 Å². The minimum atomic E-state index is -0.598. The van der Waals surface area contributed by atoms with Crippen molar-refractivity contribution in [3.8, 4) is 17.2 Å². The van der Waals surface area contributed by atoms with E-state index in [9.17, 15) is 9.59 Å². The predicted octanol–water partition coefficient (Wildman–Crippen LogP) is 4.07. The summed E-state index contributed by atoms with van der Waals surface area (Å²) in [6.07, 6.45) is 2.08. The number of para-hydroxylation sites is 1. The molecule has 1 fully saturated rings. The number of hydrogen-bond acceptors (Lipinski definition) is 7. The lowest BCUT2D eigenvalue weighted by Gasteiger charge is -2.40. The van der Waals surface area contributed by atoms with Crippen molar-refractivity contribution in [1.82, 2.24) is 20.2 Å². The van der Waals surface area contributed by atoms with Gasteiger partial charge in [0.1, 0.15) is 17.8 Å². The van der Waals surface area contributed by atoms with Gasteiger partial charge in [-0.1, -0.05) is 35.9 Å². The van der Waals surface area contributed by atoms with Crippen LogP contribution in [0.25, 0.3) is 5.69 Å². The number of carbonyl (C=O) groups is 2. The molecule has 9 nitrogen and oxygen atoms in total. The van der Waals surface area contributed by atoms with Gasteiger partial charge in [-0.2, -0.15) is 0 Å². The van der Waals surface area contributed by atoms with Gasteiger partial charge in [-0.15, -0.1) is 5.10 Å². The summed E-state index contributed by atoms with van der Waals surface area (Å²) in [7, 11) is 1.58. The highest BCUT2D eigenvalue weighted by Crippen LogP contribution is 2.43. The van der Waals surface area contributed by atoms with Gasteiger partial charge in [-0.25, -0.2) is 4.68 Å². The Labute approximate surface area is 208 Å². The Morgan fingerprint density at radius 3 is 2.39 bits per heavy atom. The van der Waals surface area contributed by atoms with Crippen molar-refractivity contribution in [2.24, 2.45) is 5.92 Å². The average molecular weight is 484 g/mol. The van der Waals surface area contributed by atoms with E-state index in [1.165, 1.54) is 11.0 Å². The van der Waals surface area contributed by atoms with Crippen LogP contribution in [0.2, 0.25) is 0 Å². The SMILES string of the molecule is COc1ccccc1C1C(C(=O)Oc2ccc(-n3cnnn3)cc2)CCC(=O)N1c1ccc(C)cc1. The molecule has 1 saturated heterocycles. The molecule has 2 atom stereocenters. The van der Waals surface area contributed by atoms with Crippen molar-refractivity contribution in [3.63, 3.8) is 0 Å². The Morgan fingerprint density at radius 1 is 0.972 bits per heavy atom. The van der Waals surface area contributed by atoms with Crippen molar-refractivity contribution in [2.45, 2.75) is 25.8 Å². The second-order valence-electron chi connectivity index (χ2n) is 8.60.